The van der Waals surface area contributed by atoms with Crippen molar-refractivity contribution in [1.29, 1.82) is 0 Å². The van der Waals surface area contributed by atoms with Gasteiger partial charge in [-0.2, -0.15) is 5.10 Å². The van der Waals surface area contributed by atoms with Gasteiger partial charge in [0.05, 0.1) is 29.7 Å². The molecule has 0 aliphatic rings. The average Bonchev–Trinajstić information content (AvgIpc) is 2.96. The Balaban J connectivity index is 2.30. The first-order chi connectivity index (χ1) is 10.1. The first kappa shape index (κ1) is 14.6. The molecule has 7 heteroatoms. The Morgan fingerprint density at radius 2 is 2.14 bits per heavy atom. The van der Waals surface area contributed by atoms with Crippen LogP contribution in [0.4, 0.5) is 5.69 Å². The quantitative estimate of drug-likeness (QED) is 0.645. The van der Waals surface area contributed by atoms with Crippen LogP contribution in [0.2, 0.25) is 0 Å². The fourth-order valence-electron chi connectivity index (χ4n) is 1.82. The number of carbonyl (C=O) groups excluding carboxylic acids is 2. The lowest BCUT2D eigenvalue weighted by molar-refractivity contribution is 0.0526. The van der Waals surface area contributed by atoms with Gasteiger partial charge >= 0.3 is 5.97 Å². The van der Waals surface area contributed by atoms with Gasteiger partial charge in [-0.25, -0.2) is 9.48 Å². The van der Waals surface area contributed by atoms with Gasteiger partial charge in [0.15, 0.2) is 0 Å². The number of nitrogen functional groups attached to an aromatic ring is 1. The summed E-state index contributed by atoms with van der Waals surface area (Å²) in [6.45, 7) is 2.03. The number of esters is 1. The molecular formula is C14H16N4O3. The van der Waals surface area contributed by atoms with Crippen LogP contribution in [-0.4, -0.2) is 35.3 Å². The molecule has 7 nitrogen and oxygen atoms in total. The molecule has 0 saturated heterocycles. The van der Waals surface area contributed by atoms with Crippen LogP contribution in [0, 0.1) is 0 Å². The molecule has 0 fully saturated rings. The molecule has 0 radical (unpaired) electrons. The highest BCUT2D eigenvalue weighted by molar-refractivity contribution is 5.95. The number of hydrogen-bond acceptors (Lipinski definition) is 5. The van der Waals surface area contributed by atoms with Crippen LogP contribution >= 0.6 is 0 Å². The molecule has 2 rings (SSSR count). The number of rotatable bonds is 4. The molecule has 0 spiro atoms. The van der Waals surface area contributed by atoms with Crippen molar-refractivity contribution in [2.45, 2.75) is 6.92 Å². The van der Waals surface area contributed by atoms with Crippen LogP contribution in [0.5, 0.6) is 0 Å². The number of amides is 1. The first-order valence-electron chi connectivity index (χ1n) is 6.40. The third-order valence-corrected chi connectivity index (χ3v) is 2.86. The standard InChI is InChI=1S/C14H16N4O3/c1-3-21-14(20)10-7-17-18(8-10)12-5-4-9(6-11(12)15)13(19)16-2/h4-8H,3,15H2,1-2H3,(H,16,19). The highest BCUT2D eigenvalue weighted by Crippen LogP contribution is 2.19. The number of nitrogens with one attached hydrogen (secondary N) is 1. The Labute approximate surface area is 121 Å². The summed E-state index contributed by atoms with van der Waals surface area (Å²) in [7, 11) is 1.55. The fraction of sp³-hybridized carbons (Fsp3) is 0.214. The number of ether oxygens (including phenoxy) is 1. The summed E-state index contributed by atoms with van der Waals surface area (Å²) < 4.78 is 6.36. The lowest BCUT2D eigenvalue weighted by Crippen LogP contribution is -2.18. The van der Waals surface area contributed by atoms with Crippen LogP contribution in [0.15, 0.2) is 30.6 Å². The Hall–Kier alpha value is -2.83. The van der Waals surface area contributed by atoms with E-state index in [1.807, 2.05) is 0 Å². The molecule has 1 aromatic heterocycles. The molecule has 1 heterocycles. The van der Waals surface area contributed by atoms with Crippen molar-refractivity contribution < 1.29 is 14.3 Å². The molecule has 0 atom stereocenters. The molecule has 2 aromatic rings. The van der Waals surface area contributed by atoms with Crippen molar-refractivity contribution >= 4 is 17.6 Å². The van der Waals surface area contributed by atoms with E-state index in [9.17, 15) is 9.59 Å². The summed E-state index contributed by atoms with van der Waals surface area (Å²) in [4.78, 5) is 23.1. The molecule has 21 heavy (non-hydrogen) atoms. The second kappa shape index (κ2) is 6.08. The zero-order chi connectivity index (χ0) is 15.4. The van der Waals surface area contributed by atoms with Crippen LogP contribution in [-0.2, 0) is 4.74 Å². The molecule has 0 aliphatic carbocycles. The predicted molar refractivity (Wildman–Crippen MR) is 77.3 cm³/mol. The molecule has 3 N–H and O–H groups in total. The summed E-state index contributed by atoms with van der Waals surface area (Å²) in [5.41, 5.74) is 7.69. The summed E-state index contributed by atoms with van der Waals surface area (Å²) >= 11 is 0. The summed E-state index contributed by atoms with van der Waals surface area (Å²) in [5, 5.41) is 6.60. The maximum Gasteiger partial charge on any atom is 0.341 e. The highest BCUT2D eigenvalue weighted by atomic mass is 16.5. The van der Waals surface area contributed by atoms with Crippen molar-refractivity contribution in [3.63, 3.8) is 0 Å². The summed E-state index contributed by atoms with van der Waals surface area (Å²) in [6, 6.07) is 4.86. The van der Waals surface area contributed by atoms with Crippen molar-refractivity contribution in [1.82, 2.24) is 15.1 Å². The molecular weight excluding hydrogens is 272 g/mol. The minimum atomic E-state index is -0.440. The lowest BCUT2D eigenvalue weighted by Gasteiger charge is -2.07. The minimum absolute atomic E-state index is 0.221. The Kier molecular flexibility index (Phi) is 4.22. The highest BCUT2D eigenvalue weighted by Gasteiger charge is 2.12. The second-order valence-electron chi connectivity index (χ2n) is 4.25. The number of nitrogens with two attached hydrogens (primary N) is 1. The SMILES string of the molecule is CCOC(=O)c1cnn(-c2ccc(C(=O)NC)cc2N)c1. The lowest BCUT2D eigenvalue weighted by atomic mass is 10.1. The van der Waals surface area contributed by atoms with Gasteiger partial charge in [0.2, 0.25) is 0 Å². The zero-order valence-corrected chi connectivity index (χ0v) is 11.8. The fourth-order valence-corrected chi connectivity index (χ4v) is 1.82. The van der Waals surface area contributed by atoms with E-state index in [-0.39, 0.29) is 5.91 Å². The third-order valence-electron chi connectivity index (χ3n) is 2.86. The first-order valence-corrected chi connectivity index (χ1v) is 6.40. The third kappa shape index (κ3) is 3.02. The second-order valence-corrected chi connectivity index (χ2v) is 4.25. The number of hydrogen-bond donors (Lipinski definition) is 2. The number of anilines is 1. The molecule has 110 valence electrons. The Morgan fingerprint density at radius 3 is 2.76 bits per heavy atom. The van der Waals surface area contributed by atoms with E-state index in [4.69, 9.17) is 10.5 Å². The molecule has 0 unspecified atom stereocenters. The van der Waals surface area contributed by atoms with Gasteiger partial charge in [-0.1, -0.05) is 0 Å². The predicted octanol–water partition coefficient (Wildman–Crippen LogP) is 0.991. The van der Waals surface area contributed by atoms with Gasteiger partial charge in [0.1, 0.15) is 0 Å². The van der Waals surface area contributed by atoms with Crippen LogP contribution < -0.4 is 11.1 Å². The molecule has 0 saturated carbocycles. The van der Waals surface area contributed by atoms with E-state index in [1.54, 1.807) is 32.2 Å². The van der Waals surface area contributed by atoms with Gasteiger partial charge in [-0.05, 0) is 25.1 Å². The largest absolute Gasteiger partial charge is 0.462 e. The van der Waals surface area contributed by atoms with Crippen molar-refractivity contribution in [2.24, 2.45) is 0 Å². The van der Waals surface area contributed by atoms with Crippen LogP contribution in [0.3, 0.4) is 0 Å². The van der Waals surface area contributed by atoms with E-state index in [2.05, 4.69) is 10.4 Å². The van der Waals surface area contributed by atoms with Gasteiger partial charge in [0.25, 0.3) is 5.91 Å². The van der Waals surface area contributed by atoms with E-state index in [0.717, 1.165) is 0 Å². The maximum atomic E-state index is 11.6. The van der Waals surface area contributed by atoms with Gasteiger partial charge < -0.3 is 15.8 Å². The number of nitrogens with zero attached hydrogens (tertiary/aromatic N) is 2. The summed E-state index contributed by atoms with van der Waals surface area (Å²) in [6.07, 6.45) is 2.94. The normalized spacial score (nSPS) is 10.2. The van der Waals surface area contributed by atoms with Crippen LogP contribution in [0.1, 0.15) is 27.6 Å². The van der Waals surface area contributed by atoms with Crippen molar-refractivity contribution in [2.75, 3.05) is 19.4 Å². The monoisotopic (exact) mass is 288 g/mol. The average molecular weight is 288 g/mol. The van der Waals surface area contributed by atoms with E-state index >= 15 is 0 Å². The van der Waals surface area contributed by atoms with Crippen molar-refractivity contribution in [3.05, 3.63) is 41.7 Å². The van der Waals surface area contributed by atoms with Gasteiger partial charge in [-0.15, -0.1) is 0 Å². The van der Waals surface area contributed by atoms with Gasteiger partial charge in [0, 0.05) is 18.8 Å². The number of benzene rings is 1. The molecule has 0 aliphatic heterocycles. The Bertz CT molecular complexity index is 679. The maximum absolute atomic E-state index is 11.6. The number of aromatic nitrogens is 2. The summed E-state index contributed by atoms with van der Waals surface area (Å²) in [5.74, 6) is -0.662. The van der Waals surface area contributed by atoms with E-state index in [0.29, 0.717) is 29.1 Å². The van der Waals surface area contributed by atoms with Gasteiger partial charge in [-0.3, -0.25) is 4.79 Å². The Morgan fingerprint density at radius 1 is 1.38 bits per heavy atom. The van der Waals surface area contributed by atoms with Crippen LogP contribution in [0.25, 0.3) is 5.69 Å². The smallest absolute Gasteiger partial charge is 0.341 e. The van der Waals surface area contributed by atoms with E-state index in [1.165, 1.54) is 17.1 Å². The minimum Gasteiger partial charge on any atom is -0.462 e. The molecule has 1 aromatic carbocycles. The molecule has 0 bridgehead atoms. The van der Waals surface area contributed by atoms with E-state index < -0.39 is 5.97 Å². The zero-order valence-electron chi connectivity index (χ0n) is 11.8. The number of carbonyl (C=O) groups is 2. The molecule has 1 amide bonds. The topological polar surface area (TPSA) is 99.2 Å². The van der Waals surface area contributed by atoms with Crippen molar-refractivity contribution in [3.8, 4) is 5.69 Å².